The molecule has 0 aliphatic carbocycles. The van der Waals surface area contributed by atoms with Crippen molar-refractivity contribution in [2.75, 3.05) is 46.4 Å². The summed E-state index contributed by atoms with van der Waals surface area (Å²) in [5, 5.41) is 3.03. The molecule has 2 heterocycles. The molecule has 0 bridgehead atoms. The number of nitrogens with zero attached hydrogens (tertiary/aromatic N) is 3. The molecule has 1 saturated heterocycles. The van der Waals surface area contributed by atoms with Crippen LogP contribution in [0.1, 0.15) is 17.8 Å². The fourth-order valence-corrected chi connectivity index (χ4v) is 2.74. The first-order valence-corrected chi connectivity index (χ1v) is 7.97. The Kier molecular flexibility index (Phi) is 6.27. The third-order valence-corrected chi connectivity index (χ3v) is 4.38. The van der Waals surface area contributed by atoms with Crippen LogP contribution in [0.5, 0.6) is 0 Å². The average molecular weight is 308 g/mol. The molecule has 0 aromatic carbocycles. The second-order valence-electron chi connectivity index (χ2n) is 5.86. The molecule has 6 nitrogen and oxygen atoms in total. The fourth-order valence-electron chi connectivity index (χ4n) is 2.74. The number of rotatable bonds is 5. The van der Waals surface area contributed by atoms with E-state index in [1.165, 1.54) is 5.69 Å². The summed E-state index contributed by atoms with van der Waals surface area (Å²) in [5.74, 6) is 0. The van der Waals surface area contributed by atoms with E-state index < -0.39 is 0 Å². The van der Waals surface area contributed by atoms with Crippen LogP contribution in [0.15, 0.2) is 12.1 Å². The highest BCUT2D eigenvalue weighted by molar-refractivity contribution is 5.74. The molecule has 6 heteroatoms. The zero-order valence-corrected chi connectivity index (χ0v) is 14.0. The summed E-state index contributed by atoms with van der Waals surface area (Å²) in [6.07, 6.45) is 1.01. The lowest BCUT2D eigenvalue weighted by atomic mass is 10.4. The number of carbonyl (C=O) groups is 1. The van der Waals surface area contributed by atoms with E-state index in [-0.39, 0.29) is 6.03 Å². The SMILES string of the molecule is COCCN1CCCN(C(=O)NCc2ccc(C)n2C)CC1. The summed E-state index contributed by atoms with van der Waals surface area (Å²) >= 11 is 0. The van der Waals surface area contributed by atoms with Crippen LogP contribution in [0, 0.1) is 6.92 Å². The first-order chi connectivity index (χ1) is 10.6. The van der Waals surface area contributed by atoms with Crippen LogP contribution in [-0.2, 0) is 18.3 Å². The average Bonchev–Trinajstić information content (AvgIpc) is 2.72. The van der Waals surface area contributed by atoms with Crippen molar-refractivity contribution in [1.29, 1.82) is 0 Å². The van der Waals surface area contributed by atoms with Crippen LogP contribution < -0.4 is 5.32 Å². The topological polar surface area (TPSA) is 49.7 Å². The summed E-state index contributed by atoms with van der Waals surface area (Å²) in [5.41, 5.74) is 2.33. The van der Waals surface area contributed by atoms with Crippen molar-refractivity contribution in [3.05, 3.63) is 23.5 Å². The summed E-state index contributed by atoms with van der Waals surface area (Å²) in [6, 6.07) is 4.17. The zero-order valence-electron chi connectivity index (χ0n) is 14.0. The summed E-state index contributed by atoms with van der Waals surface area (Å²) in [7, 11) is 3.75. The van der Waals surface area contributed by atoms with E-state index in [0.29, 0.717) is 6.54 Å². The van der Waals surface area contributed by atoms with Gasteiger partial charge in [0.1, 0.15) is 0 Å². The summed E-state index contributed by atoms with van der Waals surface area (Å²) in [4.78, 5) is 16.6. The van der Waals surface area contributed by atoms with Crippen LogP contribution in [0.4, 0.5) is 4.79 Å². The van der Waals surface area contributed by atoms with E-state index in [2.05, 4.69) is 33.8 Å². The molecule has 1 aliphatic rings. The standard InChI is InChI=1S/C16H28N4O2/c1-14-5-6-15(18(14)2)13-17-16(21)20-8-4-7-19(9-10-20)11-12-22-3/h5-6H,4,7-13H2,1-3H3,(H,17,21). The molecule has 22 heavy (non-hydrogen) atoms. The number of aryl methyl sites for hydroxylation is 1. The highest BCUT2D eigenvalue weighted by atomic mass is 16.5. The van der Waals surface area contributed by atoms with Gasteiger partial charge in [0, 0.05) is 51.7 Å². The van der Waals surface area contributed by atoms with Crippen LogP contribution in [0.2, 0.25) is 0 Å². The van der Waals surface area contributed by atoms with Crippen LogP contribution in [-0.4, -0.2) is 66.8 Å². The number of ether oxygens (including phenoxy) is 1. The van der Waals surface area contributed by atoms with Crippen molar-refractivity contribution < 1.29 is 9.53 Å². The van der Waals surface area contributed by atoms with Crippen LogP contribution >= 0.6 is 0 Å². The molecule has 1 fully saturated rings. The molecule has 0 radical (unpaired) electrons. The number of methoxy groups -OCH3 is 1. The van der Waals surface area contributed by atoms with Gasteiger partial charge in [-0.05, 0) is 32.0 Å². The van der Waals surface area contributed by atoms with Gasteiger partial charge >= 0.3 is 6.03 Å². The maximum atomic E-state index is 12.3. The molecule has 0 spiro atoms. The van der Waals surface area contributed by atoms with Crippen molar-refractivity contribution in [1.82, 2.24) is 19.7 Å². The van der Waals surface area contributed by atoms with E-state index >= 15 is 0 Å². The molecule has 0 saturated carbocycles. The predicted molar refractivity (Wildman–Crippen MR) is 86.9 cm³/mol. The number of carbonyl (C=O) groups excluding carboxylic acids is 1. The number of urea groups is 1. The minimum atomic E-state index is 0.0347. The van der Waals surface area contributed by atoms with Gasteiger partial charge in [-0.3, -0.25) is 4.90 Å². The molecule has 2 amide bonds. The van der Waals surface area contributed by atoms with Gasteiger partial charge in [0.15, 0.2) is 0 Å². The van der Waals surface area contributed by atoms with Gasteiger partial charge in [-0.1, -0.05) is 0 Å². The maximum absolute atomic E-state index is 12.3. The van der Waals surface area contributed by atoms with Gasteiger partial charge in [-0.15, -0.1) is 0 Å². The van der Waals surface area contributed by atoms with Gasteiger partial charge < -0.3 is 19.5 Å². The minimum absolute atomic E-state index is 0.0347. The largest absolute Gasteiger partial charge is 0.383 e. The smallest absolute Gasteiger partial charge is 0.317 e. The second kappa shape index (κ2) is 8.19. The fraction of sp³-hybridized carbons (Fsp3) is 0.688. The van der Waals surface area contributed by atoms with E-state index in [1.54, 1.807) is 7.11 Å². The molecule has 1 aliphatic heterocycles. The third kappa shape index (κ3) is 4.48. The molecule has 0 unspecified atom stereocenters. The Hall–Kier alpha value is -1.53. The normalized spacial score (nSPS) is 16.6. The third-order valence-electron chi connectivity index (χ3n) is 4.38. The van der Waals surface area contributed by atoms with Crippen molar-refractivity contribution in [2.45, 2.75) is 19.9 Å². The monoisotopic (exact) mass is 308 g/mol. The van der Waals surface area contributed by atoms with Crippen molar-refractivity contribution in [2.24, 2.45) is 7.05 Å². The van der Waals surface area contributed by atoms with Gasteiger partial charge in [0.05, 0.1) is 13.2 Å². The number of hydrogen-bond donors (Lipinski definition) is 1. The Labute approximate surface area is 133 Å². The molecular formula is C16H28N4O2. The predicted octanol–water partition coefficient (Wildman–Crippen LogP) is 1.20. The number of nitrogens with one attached hydrogen (secondary N) is 1. The van der Waals surface area contributed by atoms with Crippen LogP contribution in [0.25, 0.3) is 0 Å². The van der Waals surface area contributed by atoms with Gasteiger partial charge in [-0.25, -0.2) is 4.79 Å². The molecule has 124 valence electrons. The molecular weight excluding hydrogens is 280 g/mol. The van der Waals surface area contributed by atoms with Crippen LogP contribution in [0.3, 0.4) is 0 Å². The van der Waals surface area contributed by atoms with Crippen molar-refractivity contribution >= 4 is 6.03 Å². The van der Waals surface area contributed by atoms with E-state index in [0.717, 1.165) is 51.4 Å². The Balaban J connectivity index is 1.79. The zero-order chi connectivity index (χ0) is 15.9. The number of aromatic nitrogens is 1. The summed E-state index contributed by atoms with van der Waals surface area (Å²) in [6.45, 7) is 7.88. The first-order valence-electron chi connectivity index (χ1n) is 7.97. The van der Waals surface area contributed by atoms with Crippen molar-refractivity contribution in [3.63, 3.8) is 0 Å². The maximum Gasteiger partial charge on any atom is 0.317 e. The van der Waals surface area contributed by atoms with Gasteiger partial charge in [0.2, 0.25) is 0 Å². The lowest BCUT2D eigenvalue weighted by Gasteiger charge is -2.22. The van der Waals surface area contributed by atoms with E-state index in [9.17, 15) is 4.79 Å². The second-order valence-corrected chi connectivity index (χ2v) is 5.86. The number of hydrogen-bond acceptors (Lipinski definition) is 3. The Bertz CT molecular complexity index is 486. The Morgan fingerprint density at radius 2 is 2.09 bits per heavy atom. The van der Waals surface area contributed by atoms with Crippen molar-refractivity contribution in [3.8, 4) is 0 Å². The van der Waals surface area contributed by atoms with E-state index in [4.69, 9.17) is 4.74 Å². The molecule has 1 aromatic rings. The lowest BCUT2D eigenvalue weighted by Crippen LogP contribution is -2.42. The molecule has 2 rings (SSSR count). The van der Waals surface area contributed by atoms with Gasteiger partial charge in [0.25, 0.3) is 0 Å². The molecule has 1 aromatic heterocycles. The Morgan fingerprint density at radius 1 is 1.27 bits per heavy atom. The lowest BCUT2D eigenvalue weighted by molar-refractivity contribution is 0.149. The quantitative estimate of drug-likeness (QED) is 0.889. The highest BCUT2D eigenvalue weighted by Gasteiger charge is 2.18. The first kappa shape index (κ1) is 16.8. The van der Waals surface area contributed by atoms with E-state index in [1.807, 2.05) is 11.9 Å². The highest BCUT2D eigenvalue weighted by Crippen LogP contribution is 2.07. The summed E-state index contributed by atoms with van der Waals surface area (Å²) < 4.78 is 7.23. The molecule has 0 atom stereocenters. The van der Waals surface area contributed by atoms with Gasteiger partial charge in [-0.2, -0.15) is 0 Å². The minimum Gasteiger partial charge on any atom is -0.383 e. The Morgan fingerprint density at radius 3 is 2.77 bits per heavy atom. The number of amides is 2. The molecule has 1 N–H and O–H groups in total.